The molecule has 3 nitrogen and oxygen atoms in total. The van der Waals surface area contributed by atoms with Crippen molar-refractivity contribution in [1.82, 2.24) is 0 Å². The summed E-state index contributed by atoms with van der Waals surface area (Å²) in [5, 5.41) is 0. The number of benzene rings is 3. The summed E-state index contributed by atoms with van der Waals surface area (Å²) in [4.78, 5) is 2.26. The van der Waals surface area contributed by atoms with Crippen molar-refractivity contribution in [1.29, 1.82) is 0 Å². The normalized spacial score (nSPS) is 20.9. The number of likely N-dealkylation sites (N-methyl/N-ethyl adjacent to an activating group) is 1. The monoisotopic (exact) mass is 383 g/mol. The van der Waals surface area contributed by atoms with Gasteiger partial charge in [0.1, 0.15) is 11.5 Å². The van der Waals surface area contributed by atoms with E-state index in [-0.39, 0.29) is 5.41 Å². The summed E-state index contributed by atoms with van der Waals surface area (Å²) in [6.45, 7) is 4.52. The molecule has 29 heavy (non-hydrogen) atoms. The number of rotatable bonds is 2. The Kier molecular flexibility index (Phi) is 3.79. The van der Waals surface area contributed by atoms with Crippen molar-refractivity contribution >= 4 is 11.8 Å². The molecule has 146 valence electrons. The molecule has 0 aromatic heterocycles. The van der Waals surface area contributed by atoms with Gasteiger partial charge in [0.05, 0.1) is 12.5 Å². The van der Waals surface area contributed by atoms with Gasteiger partial charge in [0, 0.05) is 18.3 Å². The van der Waals surface area contributed by atoms with Crippen LogP contribution in [0.15, 0.2) is 72.8 Å². The molecule has 1 spiro atoms. The van der Waals surface area contributed by atoms with Gasteiger partial charge in [-0.2, -0.15) is 0 Å². The lowest BCUT2D eigenvalue weighted by Gasteiger charge is -2.45. The predicted octanol–water partition coefficient (Wildman–Crippen LogP) is 5.89. The third-order valence-electron chi connectivity index (χ3n) is 6.52. The zero-order chi connectivity index (χ0) is 20.2. The topological polar surface area (TPSA) is 21.7 Å². The molecular weight excluding hydrogens is 358 g/mol. The van der Waals surface area contributed by atoms with Gasteiger partial charge in [-0.1, -0.05) is 36.4 Å². The van der Waals surface area contributed by atoms with E-state index in [9.17, 15) is 0 Å². The fourth-order valence-electron chi connectivity index (χ4n) is 4.74. The molecule has 2 aliphatic rings. The number of para-hydroxylation sites is 1. The Hall–Kier alpha value is -3.20. The molecule has 5 rings (SSSR count). The van der Waals surface area contributed by atoms with Crippen molar-refractivity contribution in [2.45, 2.75) is 25.0 Å². The van der Waals surface area contributed by atoms with Gasteiger partial charge >= 0.3 is 0 Å². The molecule has 0 saturated heterocycles. The number of ether oxygens (including phenoxy) is 2. The van der Waals surface area contributed by atoms with E-state index in [2.05, 4.69) is 92.5 Å². The van der Waals surface area contributed by atoms with Crippen LogP contribution in [0.1, 0.15) is 25.0 Å². The van der Waals surface area contributed by atoms with Crippen molar-refractivity contribution in [3.63, 3.8) is 0 Å². The molecule has 0 fully saturated rings. The molecule has 3 aromatic carbocycles. The van der Waals surface area contributed by atoms with E-state index in [0.29, 0.717) is 0 Å². The molecule has 0 aliphatic carbocycles. The molecule has 3 heteroatoms. The molecule has 1 unspecified atom stereocenters. The van der Waals surface area contributed by atoms with Gasteiger partial charge in [-0.25, -0.2) is 0 Å². The largest absolute Gasteiger partial charge is 0.497 e. The standard InChI is InChI=1S/C26H25NO2/c1-25(2)22-7-5-6-8-23(22)27(3)26(25)16-15-20-17-19(11-14-24(20)29-26)18-9-12-21(28-4)13-10-18/h5-17H,1-4H3. The zero-order valence-electron chi connectivity index (χ0n) is 17.3. The van der Waals surface area contributed by atoms with E-state index < -0.39 is 5.72 Å². The molecule has 0 amide bonds. The van der Waals surface area contributed by atoms with Crippen LogP contribution in [0.4, 0.5) is 5.69 Å². The first-order chi connectivity index (χ1) is 14.0. The summed E-state index contributed by atoms with van der Waals surface area (Å²) in [6.07, 6.45) is 4.42. The van der Waals surface area contributed by atoms with Crippen LogP contribution in [0.5, 0.6) is 11.5 Å². The van der Waals surface area contributed by atoms with Crippen LogP contribution in [-0.2, 0) is 5.41 Å². The van der Waals surface area contributed by atoms with Crippen molar-refractivity contribution < 1.29 is 9.47 Å². The van der Waals surface area contributed by atoms with E-state index in [1.165, 1.54) is 11.3 Å². The maximum Gasteiger partial charge on any atom is 0.211 e. The number of hydrogen-bond acceptors (Lipinski definition) is 3. The first-order valence-corrected chi connectivity index (χ1v) is 9.96. The summed E-state index contributed by atoms with van der Waals surface area (Å²) in [5.41, 5.74) is 5.24. The molecule has 0 saturated carbocycles. The minimum Gasteiger partial charge on any atom is -0.497 e. The summed E-state index contributed by atoms with van der Waals surface area (Å²) in [5.74, 6) is 1.78. The smallest absolute Gasteiger partial charge is 0.211 e. The third kappa shape index (κ3) is 2.43. The van der Waals surface area contributed by atoms with Crippen LogP contribution >= 0.6 is 0 Å². The van der Waals surface area contributed by atoms with Crippen LogP contribution in [0, 0.1) is 0 Å². The summed E-state index contributed by atoms with van der Waals surface area (Å²) in [7, 11) is 3.81. The highest BCUT2D eigenvalue weighted by Crippen LogP contribution is 2.54. The lowest BCUT2D eigenvalue weighted by atomic mass is 9.76. The van der Waals surface area contributed by atoms with Crippen LogP contribution in [-0.4, -0.2) is 19.9 Å². The minimum atomic E-state index is -0.536. The minimum absolute atomic E-state index is 0.179. The first kappa shape index (κ1) is 17.9. The van der Waals surface area contributed by atoms with Gasteiger partial charge < -0.3 is 14.4 Å². The van der Waals surface area contributed by atoms with Gasteiger partial charge in [0.15, 0.2) is 0 Å². The lowest BCUT2D eigenvalue weighted by Crippen LogP contribution is -2.58. The van der Waals surface area contributed by atoms with Crippen LogP contribution in [0.3, 0.4) is 0 Å². The first-order valence-electron chi connectivity index (χ1n) is 9.96. The van der Waals surface area contributed by atoms with E-state index in [1.807, 2.05) is 12.1 Å². The Balaban J connectivity index is 1.54. The van der Waals surface area contributed by atoms with Crippen molar-refractivity contribution in [2.75, 3.05) is 19.1 Å². The SMILES string of the molecule is COc1ccc(-c2ccc3c(c2)C=CC2(O3)N(C)c3ccccc3C2(C)C)cc1. The molecule has 2 aliphatic heterocycles. The third-order valence-corrected chi connectivity index (χ3v) is 6.52. The van der Waals surface area contributed by atoms with Gasteiger partial charge in [-0.3, -0.25) is 0 Å². The molecular formula is C26H25NO2. The van der Waals surface area contributed by atoms with E-state index >= 15 is 0 Å². The van der Waals surface area contributed by atoms with Gasteiger partial charge in [-0.05, 0) is 73.0 Å². The van der Waals surface area contributed by atoms with Crippen molar-refractivity contribution in [3.05, 3.63) is 83.9 Å². The molecule has 0 N–H and O–H groups in total. The van der Waals surface area contributed by atoms with Crippen LogP contribution in [0.25, 0.3) is 17.2 Å². The quantitative estimate of drug-likeness (QED) is 0.551. The maximum atomic E-state index is 6.74. The van der Waals surface area contributed by atoms with E-state index in [0.717, 1.165) is 28.2 Å². The lowest BCUT2D eigenvalue weighted by molar-refractivity contribution is 0.0582. The van der Waals surface area contributed by atoms with Gasteiger partial charge in [0.2, 0.25) is 5.72 Å². The number of nitrogens with zero attached hydrogens (tertiary/aromatic N) is 1. The maximum absolute atomic E-state index is 6.74. The van der Waals surface area contributed by atoms with E-state index in [4.69, 9.17) is 9.47 Å². The second kappa shape index (κ2) is 6.15. The summed E-state index contributed by atoms with van der Waals surface area (Å²) < 4.78 is 12.0. The number of fused-ring (bicyclic) bond motifs is 2. The second-order valence-corrected chi connectivity index (χ2v) is 8.31. The van der Waals surface area contributed by atoms with Crippen LogP contribution < -0.4 is 14.4 Å². The van der Waals surface area contributed by atoms with Gasteiger partial charge in [-0.15, -0.1) is 0 Å². The Morgan fingerprint density at radius 1 is 0.897 bits per heavy atom. The Morgan fingerprint density at radius 3 is 2.34 bits per heavy atom. The molecule has 0 radical (unpaired) electrons. The molecule has 2 heterocycles. The number of methoxy groups -OCH3 is 1. The predicted molar refractivity (Wildman–Crippen MR) is 119 cm³/mol. The molecule has 1 atom stereocenters. The summed E-state index contributed by atoms with van der Waals surface area (Å²) in [6, 6.07) is 23.1. The highest BCUT2D eigenvalue weighted by molar-refractivity contribution is 5.75. The fraction of sp³-hybridized carbons (Fsp3) is 0.231. The van der Waals surface area contributed by atoms with E-state index in [1.54, 1.807) is 7.11 Å². The average Bonchev–Trinajstić information content (AvgIpc) is 2.92. The van der Waals surface area contributed by atoms with Crippen LogP contribution in [0.2, 0.25) is 0 Å². The van der Waals surface area contributed by atoms with Crippen molar-refractivity contribution in [2.24, 2.45) is 0 Å². The highest BCUT2D eigenvalue weighted by atomic mass is 16.5. The number of anilines is 1. The average molecular weight is 383 g/mol. The second-order valence-electron chi connectivity index (χ2n) is 8.31. The Bertz CT molecular complexity index is 1110. The molecule has 3 aromatic rings. The van der Waals surface area contributed by atoms with Gasteiger partial charge in [0.25, 0.3) is 0 Å². The number of hydrogen-bond donors (Lipinski definition) is 0. The zero-order valence-corrected chi connectivity index (χ0v) is 17.3. The highest BCUT2D eigenvalue weighted by Gasteiger charge is 2.57. The molecule has 0 bridgehead atoms. The Morgan fingerprint density at radius 2 is 1.62 bits per heavy atom. The fourth-order valence-corrected chi connectivity index (χ4v) is 4.74. The summed E-state index contributed by atoms with van der Waals surface area (Å²) >= 11 is 0. The Labute approximate surface area is 172 Å². The van der Waals surface area contributed by atoms with Crippen molar-refractivity contribution in [3.8, 4) is 22.6 Å².